The van der Waals surface area contributed by atoms with Crippen molar-refractivity contribution in [3.05, 3.63) is 28.9 Å². The molecule has 5 nitrogen and oxygen atoms in total. The molecular formula is C10H13BrN4O. The molecule has 1 unspecified atom stereocenters. The van der Waals surface area contributed by atoms with Crippen molar-refractivity contribution in [2.75, 3.05) is 0 Å². The van der Waals surface area contributed by atoms with E-state index in [1.54, 1.807) is 4.68 Å². The normalized spacial score (nSPS) is 13.0. The van der Waals surface area contributed by atoms with Crippen LogP contribution in [0.5, 0.6) is 0 Å². The smallest absolute Gasteiger partial charge is 0.138 e. The first-order valence-corrected chi connectivity index (χ1v) is 5.95. The molecule has 16 heavy (non-hydrogen) atoms. The van der Waals surface area contributed by atoms with Gasteiger partial charge < -0.3 is 4.52 Å². The molecule has 0 aromatic carbocycles. The Kier molecular flexibility index (Phi) is 3.09. The van der Waals surface area contributed by atoms with Gasteiger partial charge in [-0.2, -0.15) is 0 Å². The van der Waals surface area contributed by atoms with Gasteiger partial charge in [0.25, 0.3) is 0 Å². The summed E-state index contributed by atoms with van der Waals surface area (Å²) >= 11 is 3.46. The number of aryl methyl sites for hydroxylation is 2. The van der Waals surface area contributed by atoms with Crippen molar-refractivity contribution in [2.45, 2.75) is 32.1 Å². The van der Waals surface area contributed by atoms with Gasteiger partial charge in [0.1, 0.15) is 5.76 Å². The molecule has 0 aliphatic carbocycles. The number of alkyl halides is 1. The number of nitrogens with zero attached hydrogens (tertiary/aromatic N) is 4. The van der Waals surface area contributed by atoms with Gasteiger partial charge >= 0.3 is 0 Å². The average Bonchev–Trinajstić information content (AvgIpc) is 2.80. The Morgan fingerprint density at radius 1 is 1.50 bits per heavy atom. The van der Waals surface area contributed by atoms with Gasteiger partial charge in [0.15, 0.2) is 0 Å². The molecule has 0 aliphatic heterocycles. The fourth-order valence-corrected chi connectivity index (χ4v) is 1.67. The van der Waals surface area contributed by atoms with Crippen LogP contribution in [0.15, 0.2) is 10.7 Å². The molecule has 2 aromatic heterocycles. The summed E-state index contributed by atoms with van der Waals surface area (Å²) < 4.78 is 6.89. The third-order valence-electron chi connectivity index (χ3n) is 2.47. The van der Waals surface area contributed by atoms with Crippen molar-refractivity contribution < 1.29 is 4.52 Å². The van der Waals surface area contributed by atoms with Gasteiger partial charge in [0.05, 0.1) is 22.8 Å². The van der Waals surface area contributed by atoms with E-state index in [9.17, 15) is 0 Å². The van der Waals surface area contributed by atoms with Crippen molar-refractivity contribution in [1.82, 2.24) is 20.2 Å². The van der Waals surface area contributed by atoms with Gasteiger partial charge in [-0.1, -0.05) is 26.3 Å². The highest BCUT2D eigenvalue weighted by molar-refractivity contribution is 9.09. The predicted molar refractivity (Wildman–Crippen MR) is 62.4 cm³/mol. The number of hydrogen-bond acceptors (Lipinski definition) is 4. The summed E-state index contributed by atoms with van der Waals surface area (Å²) in [5, 5.41) is 12.0. The zero-order valence-electron chi connectivity index (χ0n) is 9.44. The molecule has 86 valence electrons. The van der Waals surface area contributed by atoms with E-state index in [0.29, 0.717) is 6.54 Å². The maximum Gasteiger partial charge on any atom is 0.138 e. The minimum absolute atomic E-state index is 0.214. The summed E-state index contributed by atoms with van der Waals surface area (Å²) in [7, 11) is 0. The molecule has 0 saturated heterocycles. The maximum atomic E-state index is 5.10. The topological polar surface area (TPSA) is 56.7 Å². The SMILES string of the molecule is Cc1noc(C)c1Cn1cc(C(C)Br)nn1. The lowest BCUT2D eigenvalue weighted by Gasteiger charge is -1.99. The van der Waals surface area contributed by atoms with Crippen molar-refractivity contribution in [1.29, 1.82) is 0 Å². The van der Waals surface area contributed by atoms with E-state index in [-0.39, 0.29) is 4.83 Å². The van der Waals surface area contributed by atoms with Crippen LogP contribution in [0.4, 0.5) is 0 Å². The molecule has 1 atom stereocenters. The van der Waals surface area contributed by atoms with E-state index < -0.39 is 0 Å². The van der Waals surface area contributed by atoms with E-state index >= 15 is 0 Å². The molecule has 2 heterocycles. The van der Waals surface area contributed by atoms with E-state index in [1.165, 1.54) is 0 Å². The third kappa shape index (κ3) is 2.16. The first-order chi connectivity index (χ1) is 7.58. The molecule has 0 saturated carbocycles. The molecule has 0 amide bonds. The molecule has 2 rings (SSSR count). The minimum atomic E-state index is 0.214. The van der Waals surface area contributed by atoms with Crippen LogP contribution in [0, 0.1) is 13.8 Å². The van der Waals surface area contributed by atoms with Gasteiger partial charge in [-0.05, 0) is 20.8 Å². The number of rotatable bonds is 3. The van der Waals surface area contributed by atoms with Crippen molar-refractivity contribution in [3.63, 3.8) is 0 Å². The molecule has 0 bridgehead atoms. The molecule has 6 heteroatoms. The lowest BCUT2D eigenvalue weighted by molar-refractivity contribution is 0.391. The fourth-order valence-electron chi connectivity index (χ4n) is 1.46. The Morgan fingerprint density at radius 2 is 2.25 bits per heavy atom. The second-order valence-corrected chi connectivity index (χ2v) is 5.13. The summed E-state index contributed by atoms with van der Waals surface area (Å²) in [6, 6.07) is 0. The zero-order chi connectivity index (χ0) is 11.7. The van der Waals surface area contributed by atoms with Crippen LogP contribution in [0.2, 0.25) is 0 Å². The van der Waals surface area contributed by atoms with E-state index in [2.05, 4.69) is 31.4 Å². The minimum Gasteiger partial charge on any atom is -0.361 e. The third-order valence-corrected chi connectivity index (χ3v) is 2.93. The van der Waals surface area contributed by atoms with Crippen molar-refractivity contribution in [3.8, 4) is 0 Å². The van der Waals surface area contributed by atoms with Crippen LogP contribution in [0.3, 0.4) is 0 Å². The molecule has 0 N–H and O–H groups in total. The Morgan fingerprint density at radius 3 is 2.75 bits per heavy atom. The Labute approximate surface area is 102 Å². The summed E-state index contributed by atoms with van der Waals surface area (Å²) in [6.07, 6.45) is 1.92. The molecular weight excluding hydrogens is 272 g/mol. The van der Waals surface area contributed by atoms with Crippen molar-refractivity contribution in [2.24, 2.45) is 0 Å². The van der Waals surface area contributed by atoms with Crippen molar-refractivity contribution >= 4 is 15.9 Å². The van der Waals surface area contributed by atoms with E-state index in [1.807, 2.05) is 27.0 Å². The Hall–Kier alpha value is -1.17. The summed E-state index contributed by atoms with van der Waals surface area (Å²) in [5.41, 5.74) is 2.90. The highest BCUT2D eigenvalue weighted by Crippen LogP contribution is 2.19. The first kappa shape index (κ1) is 11.3. The highest BCUT2D eigenvalue weighted by Gasteiger charge is 2.12. The molecule has 0 spiro atoms. The fraction of sp³-hybridized carbons (Fsp3) is 0.500. The average molecular weight is 285 g/mol. The number of halogens is 1. The second kappa shape index (κ2) is 4.37. The summed E-state index contributed by atoms with van der Waals surface area (Å²) in [6.45, 7) is 6.50. The molecule has 0 fully saturated rings. The maximum absolute atomic E-state index is 5.10. The van der Waals surface area contributed by atoms with Crippen LogP contribution < -0.4 is 0 Å². The number of hydrogen-bond donors (Lipinski definition) is 0. The summed E-state index contributed by atoms with van der Waals surface area (Å²) in [4.78, 5) is 0.214. The van der Waals surface area contributed by atoms with Crippen LogP contribution in [-0.2, 0) is 6.54 Å². The summed E-state index contributed by atoms with van der Waals surface area (Å²) in [5.74, 6) is 0.835. The first-order valence-electron chi connectivity index (χ1n) is 5.03. The second-order valence-electron chi connectivity index (χ2n) is 3.76. The van der Waals surface area contributed by atoms with Crippen LogP contribution >= 0.6 is 15.9 Å². The Balaban J connectivity index is 2.21. The zero-order valence-corrected chi connectivity index (χ0v) is 11.0. The van der Waals surface area contributed by atoms with E-state index in [4.69, 9.17) is 4.52 Å². The van der Waals surface area contributed by atoms with Crippen LogP contribution in [0.1, 0.15) is 34.5 Å². The molecule has 0 aliphatic rings. The van der Waals surface area contributed by atoms with Gasteiger partial charge in [0, 0.05) is 11.8 Å². The van der Waals surface area contributed by atoms with Gasteiger partial charge in [-0.25, -0.2) is 4.68 Å². The number of aromatic nitrogens is 4. The Bertz CT molecular complexity index is 469. The quantitative estimate of drug-likeness (QED) is 0.812. The van der Waals surface area contributed by atoms with Gasteiger partial charge in [-0.15, -0.1) is 5.10 Å². The monoisotopic (exact) mass is 284 g/mol. The van der Waals surface area contributed by atoms with Gasteiger partial charge in [-0.3, -0.25) is 0 Å². The standard InChI is InChI=1S/C10H13BrN4O/c1-6(11)10-5-15(14-12-10)4-9-7(2)13-16-8(9)3/h5-6H,4H2,1-3H3. The van der Waals surface area contributed by atoms with E-state index in [0.717, 1.165) is 22.7 Å². The largest absolute Gasteiger partial charge is 0.361 e. The van der Waals surface area contributed by atoms with Crippen LogP contribution in [0.25, 0.3) is 0 Å². The lowest BCUT2D eigenvalue weighted by Crippen LogP contribution is -2.02. The molecule has 2 aromatic rings. The predicted octanol–water partition coefficient (Wildman–Crippen LogP) is 2.39. The van der Waals surface area contributed by atoms with Crippen LogP contribution in [-0.4, -0.2) is 20.2 Å². The highest BCUT2D eigenvalue weighted by atomic mass is 79.9. The molecule has 0 radical (unpaired) electrons. The lowest BCUT2D eigenvalue weighted by atomic mass is 10.2. The van der Waals surface area contributed by atoms with Gasteiger partial charge in [0.2, 0.25) is 0 Å².